The number of hydrogen-bond donors (Lipinski definition) is 1. The van der Waals surface area contributed by atoms with Crippen molar-refractivity contribution in [1.82, 2.24) is 10.3 Å². The minimum atomic E-state index is 0.281. The Morgan fingerprint density at radius 1 is 1.32 bits per heavy atom. The summed E-state index contributed by atoms with van der Waals surface area (Å²) in [7, 11) is 3.26. The van der Waals surface area contributed by atoms with Crippen LogP contribution in [-0.4, -0.2) is 19.2 Å². The number of hydrogen-bond acceptors (Lipinski definition) is 5. The van der Waals surface area contributed by atoms with Crippen LogP contribution in [0.2, 0.25) is 0 Å². The average Bonchev–Trinajstić information content (AvgIpc) is 2.98. The maximum absolute atomic E-state index is 5.36. The van der Waals surface area contributed by atoms with E-state index in [0.717, 1.165) is 5.69 Å². The molecule has 0 amide bonds. The van der Waals surface area contributed by atoms with Crippen LogP contribution in [0, 0.1) is 0 Å². The Hall–Kier alpha value is -1.59. The van der Waals surface area contributed by atoms with Gasteiger partial charge in [0.25, 0.3) is 0 Å². The van der Waals surface area contributed by atoms with E-state index in [-0.39, 0.29) is 6.04 Å². The van der Waals surface area contributed by atoms with Crippen molar-refractivity contribution in [2.75, 3.05) is 14.2 Å². The Bertz CT molecular complexity index is 514. The molecule has 5 heteroatoms. The molecule has 0 aliphatic rings. The van der Waals surface area contributed by atoms with E-state index in [4.69, 9.17) is 9.47 Å². The third-order valence-electron chi connectivity index (χ3n) is 2.99. The number of methoxy groups -OCH3 is 2. The van der Waals surface area contributed by atoms with Crippen LogP contribution < -0.4 is 14.8 Å². The van der Waals surface area contributed by atoms with Crippen molar-refractivity contribution in [2.24, 2.45) is 0 Å². The highest BCUT2D eigenvalue weighted by atomic mass is 32.1. The molecule has 2 rings (SSSR count). The van der Waals surface area contributed by atoms with Crippen LogP contribution in [0.25, 0.3) is 0 Å². The lowest BCUT2D eigenvalue weighted by Gasteiger charge is -2.15. The summed E-state index contributed by atoms with van der Waals surface area (Å²) in [5.41, 5.74) is 2.13. The number of ether oxygens (including phenoxy) is 2. The first kappa shape index (κ1) is 13.8. The minimum absolute atomic E-state index is 0.281. The monoisotopic (exact) mass is 278 g/mol. The Morgan fingerprint density at radius 2 is 2.16 bits per heavy atom. The molecule has 2 aromatic rings. The molecule has 4 nitrogen and oxygen atoms in total. The van der Waals surface area contributed by atoms with Gasteiger partial charge in [-0.15, -0.1) is 0 Å². The SMILES string of the molecule is COc1ccnc(CNC(C)c2ccsc2)c1OC. The van der Waals surface area contributed by atoms with Gasteiger partial charge in [0, 0.05) is 24.8 Å². The van der Waals surface area contributed by atoms with Crippen molar-refractivity contribution < 1.29 is 9.47 Å². The summed E-state index contributed by atoms with van der Waals surface area (Å²) < 4.78 is 10.6. The highest BCUT2D eigenvalue weighted by molar-refractivity contribution is 7.07. The second-order valence-corrected chi connectivity index (χ2v) is 4.93. The topological polar surface area (TPSA) is 43.4 Å². The van der Waals surface area contributed by atoms with Crippen LogP contribution in [0.4, 0.5) is 0 Å². The van der Waals surface area contributed by atoms with Gasteiger partial charge < -0.3 is 14.8 Å². The molecule has 19 heavy (non-hydrogen) atoms. The zero-order valence-electron chi connectivity index (χ0n) is 11.3. The molecule has 0 aliphatic carbocycles. The number of thiophene rings is 1. The number of pyridine rings is 1. The normalized spacial score (nSPS) is 12.2. The maximum atomic E-state index is 5.36. The molecule has 0 spiro atoms. The Kier molecular flexibility index (Phi) is 4.76. The molecule has 2 aromatic heterocycles. The second-order valence-electron chi connectivity index (χ2n) is 4.15. The molecule has 2 heterocycles. The van der Waals surface area contributed by atoms with Crippen LogP contribution in [-0.2, 0) is 6.54 Å². The van der Waals surface area contributed by atoms with Crippen LogP contribution in [0.5, 0.6) is 11.5 Å². The Morgan fingerprint density at radius 3 is 2.79 bits per heavy atom. The second kappa shape index (κ2) is 6.54. The molecule has 0 saturated carbocycles. The lowest BCUT2D eigenvalue weighted by atomic mass is 10.2. The predicted octanol–water partition coefficient (Wildman–Crippen LogP) is 3.01. The fraction of sp³-hybridized carbons (Fsp3) is 0.357. The van der Waals surface area contributed by atoms with Crippen molar-refractivity contribution in [3.05, 3.63) is 40.3 Å². The summed E-state index contributed by atoms with van der Waals surface area (Å²) in [5, 5.41) is 7.66. The molecule has 0 aromatic carbocycles. The molecule has 1 N–H and O–H groups in total. The summed E-state index contributed by atoms with van der Waals surface area (Å²) in [4.78, 5) is 4.35. The summed E-state index contributed by atoms with van der Waals surface area (Å²) in [6, 6.07) is 4.20. The van der Waals surface area contributed by atoms with Gasteiger partial charge in [-0.25, -0.2) is 0 Å². The third-order valence-corrected chi connectivity index (χ3v) is 3.69. The molecule has 0 radical (unpaired) electrons. The molecular weight excluding hydrogens is 260 g/mol. The van der Waals surface area contributed by atoms with E-state index in [1.54, 1.807) is 37.8 Å². The molecule has 0 aliphatic heterocycles. The Labute approximate surface area is 117 Å². The van der Waals surface area contributed by atoms with Crippen molar-refractivity contribution in [2.45, 2.75) is 19.5 Å². The fourth-order valence-corrected chi connectivity index (χ4v) is 2.62. The van der Waals surface area contributed by atoms with Crippen LogP contribution in [0.1, 0.15) is 24.2 Å². The summed E-state index contributed by atoms with van der Waals surface area (Å²) in [5.74, 6) is 1.40. The van der Waals surface area contributed by atoms with Crippen molar-refractivity contribution in [3.8, 4) is 11.5 Å². The van der Waals surface area contributed by atoms with Gasteiger partial charge in [0.1, 0.15) is 0 Å². The number of nitrogens with one attached hydrogen (secondary N) is 1. The maximum Gasteiger partial charge on any atom is 0.183 e. The van der Waals surface area contributed by atoms with Gasteiger partial charge in [0.15, 0.2) is 11.5 Å². The first-order valence-electron chi connectivity index (χ1n) is 6.07. The van der Waals surface area contributed by atoms with E-state index >= 15 is 0 Å². The van der Waals surface area contributed by atoms with E-state index in [2.05, 4.69) is 34.1 Å². The fourth-order valence-electron chi connectivity index (χ4n) is 1.87. The van der Waals surface area contributed by atoms with Crippen molar-refractivity contribution in [1.29, 1.82) is 0 Å². The summed E-state index contributed by atoms with van der Waals surface area (Å²) in [6.07, 6.45) is 1.73. The van der Waals surface area contributed by atoms with E-state index in [1.165, 1.54) is 5.56 Å². The van der Waals surface area contributed by atoms with Gasteiger partial charge >= 0.3 is 0 Å². The predicted molar refractivity (Wildman–Crippen MR) is 76.9 cm³/mol. The standard InChI is InChI=1S/C14H18N2O2S/c1-10(11-5-7-19-9-11)16-8-12-14(18-3)13(17-2)4-6-15-12/h4-7,9-10,16H,8H2,1-3H3. The smallest absolute Gasteiger partial charge is 0.183 e. The van der Waals surface area contributed by atoms with E-state index in [1.807, 2.05) is 0 Å². The first-order chi connectivity index (χ1) is 9.26. The van der Waals surface area contributed by atoms with Crippen molar-refractivity contribution in [3.63, 3.8) is 0 Å². The molecule has 0 bridgehead atoms. The number of rotatable bonds is 6. The average molecular weight is 278 g/mol. The quantitative estimate of drug-likeness (QED) is 0.882. The van der Waals surface area contributed by atoms with Crippen LogP contribution in [0.15, 0.2) is 29.1 Å². The molecule has 1 atom stereocenters. The van der Waals surface area contributed by atoms with E-state index in [0.29, 0.717) is 18.0 Å². The first-order valence-corrected chi connectivity index (χ1v) is 7.02. The van der Waals surface area contributed by atoms with Crippen LogP contribution in [0.3, 0.4) is 0 Å². The van der Waals surface area contributed by atoms with Gasteiger partial charge in [-0.2, -0.15) is 11.3 Å². The van der Waals surface area contributed by atoms with Gasteiger partial charge in [-0.3, -0.25) is 4.98 Å². The molecule has 0 fully saturated rings. The molecular formula is C14H18N2O2S. The van der Waals surface area contributed by atoms with Gasteiger partial charge in [-0.1, -0.05) is 0 Å². The molecule has 0 saturated heterocycles. The summed E-state index contributed by atoms with van der Waals surface area (Å²) in [6.45, 7) is 2.77. The zero-order chi connectivity index (χ0) is 13.7. The highest BCUT2D eigenvalue weighted by Gasteiger charge is 2.12. The molecule has 1 unspecified atom stereocenters. The zero-order valence-corrected chi connectivity index (χ0v) is 12.2. The highest BCUT2D eigenvalue weighted by Crippen LogP contribution is 2.29. The van der Waals surface area contributed by atoms with Crippen molar-refractivity contribution >= 4 is 11.3 Å². The lowest BCUT2D eigenvalue weighted by Crippen LogP contribution is -2.19. The largest absolute Gasteiger partial charge is 0.493 e. The Balaban J connectivity index is 2.07. The van der Waals surface area contributed by atoms with E-state index in [9.17, 15) is 0 Å². The minimum Gasteiger partial charge on any atom is -0.493 e. The third kappa shape index (κ3) is 3.24. The van der Waals surface area contributed by atoms with Crippen LogP contribution >= 0.6 is 11.3 Å². The van der Waals surface area contributed by atoms with E-state index < -0.39 is 0 Å². The lowest BCUT2D eigenvalue weighted by molar-refractivity contribution is 0.347. The summed E-state index contributed by atoms with van der Waals surface area (Å²) >= 11 is 1.70. The van der Waals surface area contributed by atoms with Gasteiger partial charge in [-0.05, 0) is 29.3 Å². The van der Waals surface area contributed by atoms with Gasteiger partial charge in [0.05, 0.1) is 19.9 Å². The number of aromatic nitrogens is 1. The number of nitrogens with zero attached hydrogens (tertiary/aromatic N) is 1. The van der Waals surface area contributed by atoms with Gasteiger partial charge in [0.2, 0.25) is 0 Å². The molecule has 102 valence electrons.